The fraction of sp³-hybridized carbons (Fsp3) is 0.647. The van der Waals surface area contributed by atoms with Crippen LogP contribution < -0.4 is 4.90 Å². The normalized spacial score (nSPS) is 17.2. The van der Waals surface area contributed by atoms with Gasteiger partial charge in [-0.2, -0.15) is 0 Å². The molecule has 1 aliphatic heterocycles. The number of aryl methyl sites for hydroxylation is 1. The molecule has 0 radical (unpaired) electrons. The summed E-state index contributed by atoms with van der Waals surface area (Å²) in [7, 11) is 0. The molecule has 110 valence electrons. The lowest BCUT2D eigenvalue weighted by Crippen LogP contribution is -2.47. The van der Waals surface area contributed by atoms with E-state index in [1.807, 2.05) is 6.07 Å². The van der Waals surface area contributed by atoms with Crippen LogP contribution in [0.15, 0.2) is 17.3 Å². The molecule has 0 unspecified atom stereocenters. The summed E-state index contributed by atoms with van der Waals surface area (Å²) >= 11 is 0. The van der Waals surface area contributed by atoms with Gasteiger partial charge in [0, 0.05) is 17.8 Å². The Morgan fingerprint density at radius 2 is 2.05 bits per heavy atom. The maximum atomic E-state index is 11.1. The first-order chi connectivity index (χ1) is 9.40. The largest absolute Gasteiger partial charge is 0.366 e. The van der Waals surface area contributed by atoms with Gasteiger partial charge in [-0.25, -0.2) is 0 Å². The Bertz CT molecular complexity index is 506. The first-order valence-corrected chi connectivity index (χ1v) is 7.68. The Morgan fingerprint density at radius 3 is 2.60 bits per heavy atom. The van der Waals surface area contributed by atoms with Gasteiger partial charge in [0.25, 0.3) is 0 Å². The Hall–Kier alpha value is -1.38. The maximum absolute atomic E-state index is 11.1. The van der Waals surface area contributed by atoms with E-state index in [0.717, 1.165) is 31.4 Å². The molecule has 0 fully saturated rings. The molecule has 0 saturated carbocycles. The zero-order chi connectivity index (χ0) is 14.9. The van der Waals surface area contributed by atoms with Crippen LogP contribution in [-0.2, 0) is 6.42 Å². The summed E-state index contributed by atoms with van der Waals surface area (Å²) in [5.41, 5.74) is 4.45. The second kappa shape index (κ2) is 5.55. The quantitative estimate of drug-likeness (QED) is 0.711. The number of nitrogens with zero attached hydrogens (tertiary/aromatic N) is 2. The van der Waals surface area contributed by atoms with E-state index in [9.17, 15) is 4.91 Å². The van der Waals surface area contributed by atoms with Crippen molar-refractivity contribution in [2.45, 2.75) is 65.3 Å². The highest BCUT2D eigenvalue weighted by atomic mass is 16.3. The van der Waals surface area contributed by atoms with Gasteiger partial charge in [0.1, 0.15) is 5.69 Å². The van der Waals surface area contributed by atoms with E-state index in [1.165, 1.54) is 11.3 Å². The third kappa shape index (κ3) is 2.58. The Morgan fingerprint density at radius 1 is 1.35 bits per heavy atom. The minimum atomic E-state index is 0.188. The van der Waals surface area contributed by atoms with Gasteiger partial charge < -0.3 is 4.90 Å². The summed E-state index contributed by atoms with van der Waals surface area (Å²) in [4.78, 5) is 13.6. The number of nitroso groups, excluding NO2 is 1. The number of hydrogen-bond donors (Lipinski definition) is 0. The van der Waals surface area contributed by atoms with E-state index in [0.29, 0.717) is 11.6 Å². The van der Waals surface area contributed by atoms with Crippen molar-refractivity contribution in [3.63, 3.8) is 0 Å². The summed E-state index contributed by atoms with van der Waals surface area (Å²) in [6, 6.07) is 4.21. The molecular weight excluding hydrogens is 248 g/mol. The van der Waals surface area contributed by atoms with Gasteiger partial charge >= 0.3 is 0 Å². The molecule has 0 N–H and O–H groups in total. The van der Waals surface area contributed by atoms with Crippen LogP contribution in [0.3, 0.4) is 0 Å². The smallest absolute Gasteiger partial charge is 0.111 e. The molecule has 3 nitrogen and oxygen atoms in total. The zero-order valence-electron chi connectivity index (χ0n) is 13.4. The summed E-state index contributed by atoms with van der Waals surface area (Å²) in [6.45, 7) is 12.1. The molecule has 20 heavy (non-hydrogen) atoms. The zero-order valence-corrected chi connectivity index (χ0v) is 13.4. The van der Waals surface area contributed by atoms with E-state index < -0.39 is 0 Å². The predicted octanol–water partition coefficient (Wildman–Crippen LogP) is 5.15. The third-order valence-corrected chi connectivity index (χ3v) is 4.42. The maximum Gasteiger partial charge on any atom is 0.111 e. The molecule has 1 aliphatic rings. The molecule has 0 saturated heterocycles. The minimum Gasteiger partial charge on any atom is -0.366 e. The second-order valence-electron chi connectivity index (χ2n) is 6.75. The number of fused-ring (bicyclic) bond motifs is 1. The molecule has 0 spiro atoms. The molecule has 0 bridgehead atoms. The van der Waals surface area contributed by atoms with Crippen LogP contribution in [0.2, 0.25) is 0 Å². The molecule has 1 heterocycles. The monoisotopic (exact) mass is 274 g/mol. The van der Waals surface area contributed by atoms with Gasteiger partial charge in [0.2, 0.25) is 0 Å². The first-order valence-electron chi connectivity index (χ1n) is 7.68. The van der Waals surface area contributed by atoms with Crippen LogP contribution in [-0.4, -0.2) is 12.1 Å². The Labute approximate surface area is 122 Å². The van der Waals surface area contributed by atoms with E-state index in [1.54, 1.807) is 0 Å². The van der Waals surface area contributed by atoms with Crippen molar-refractivity contribution in [3.05, 3.63) is 28.2 Å². The van der Waals surface area contributed by atoms with Crippen molar-refractivity contribution in [1.29, 1.82) is 0 Å². The van der Waals surface area contributed by atoms with Gasteiger partial charge in [-0.15, -0.1) is 4.91 Å². The van der Waals surface area contributed by atoms with Crippen LogP contribution in [0.25, 0.3) is 0 Å². The fourth-order valence-electron chi connectivity index (χ4n) is 3.18. The summed E-state index contributed by atoms with van der Waals surface area (Å²) in [5.74, 6) is 0.321. The van der Waals surface area contributed by atoms with Crippen molar-refractivity contribution in [1.82, 2.24) is 0 Å². The van der Waals surface area contributed by atoms with E-state index in [4.69, 9.17) is 0 Å². The van der Waals surface area contributed by atoms with Crippen LogP contribution in [0.4, 0.5) is 11.4 Å². The molecule has 1 aromatic rings. The van der Waals surface area contributed by atoms with Crippen LogP contribution in [0, 0.1) is 4.91 Å². The predicted molar refractivity (Wildman–Crippen MR) is 86.0 cm³/mol. The molecule has 0 aromatic heterocycles. The first kappa shape index (κ1) is 15.0. The van der Waals surface area contributed by atoms with Gasteiger partial charge in [0.05, 0.1) is 0 Å². The van der Waals surface area contributed by atoms with Crippen molar-refractivity contribution in [3.8, 4) is 0 Å². The van der Waals surface area contributed by atoms with Crippen molar-refractivity contribution >= 4 is 11.4 Å². The van der Waals surface area contributed by atoms with E-state index in [-0.39, 0.29) is 5.54 Å². The number of benzene rings is 1. The molecule has 1 aromatic carbocycles. The Kier molecular flexibility index (Phi) is 4.17. The lowest BCUT2D eigenvalue weighted by atomic mass is 9.84. The number of anilines is 1. The average Bonchev–Trinajstić information content (AvgIpc) is 2.40. The second-order valence-corrected chi connectivity index (χ2v) is 6.75. The highest BCUT2D eigenvalue weighted by Gasteiger charge is 2.33. The van der Waals surface area contributed by atoms with Crippen LogP contribution >= 0.6 is 0 Å². The van der Waals surface area contributed by atoms with Crippen LogP contribution in [0.1, 0.15) is 64.5 Å². The highest BCUT2D eigenvalue weighted by Crippen LogP contribution is 2.41. The lowest BCUT2D eigenvalue weighted by Gasteiger charge is -2.45. The Balaban J connectivity index is 2.56. The van der Waals surface area contributed by atoms with Gasteiger partial charge in [0.15, 0.2) is 0 Å². The molecule has 3 heteroatoms. The number of rotatable bonds is 4. The molecule has 0 aliphatic carbocycles. The van der Waals surface area contributed by atoms with E-state index in [2.05, 4.69) is 50.8 Å². The van der Waals surface area contributed by atoms with Crippen molar-refractivity contribution in [2.24, 2.45) is 5.18 Å². The SMILES string of the molecule is CCCN1c2cc(C(C)C)c(N=O)cc2CCC1(C)C. The average molecular weight is 274 g/mol. The third-order valence-electron chi connectivity index (χ3n) is 4.42. The summed E-state index contributed by atoms with van der Waals surface area (Å²) < 4.78 is 0. The van der Waals surface area contributed by atoms with Crippen LogP contribution in [0.5, 0.6) is 0 Å². The van der Waals surface area contributed by atoms with Crippen molar-refractivity contribution in [2.75, 3.05) is 11.4 Å². The fourth-order valence-corrected chi connectivity index (χ4v) is 3.18. The summed E-state index contributed by atoms with van der Waals surface area (Å²) in [6.07, 6.45) is 3.29. The minimum absolute atomic E-state index is 0.188. The van der Waals surface area contributed by atoms with Gasteiger partial charge in [-0.05, 0) is 67.5 Å². The van der Waals surface area contributed by atoms with E-state index >= 15 is 0 Å². The molecular formula is C17H26N2O. The highest BCUT2D eigenvalue weighted by molar-refractivity contribution is 5.66. The topological polar surface area (TPSA) is 32.7 Å². The molecule has 0 amide bonds. The number of hydrogen-bond acceptors (Lipinski definition) is 3. The summed E-state index contributed by atoms with van der Waals surface area (Å²) in [5, 5.41) is 3.24. The van der Waals surface area contributed by atoms with Gasteiger partial charge in [-0.3, -0.25) is 0 Å². The molecule has 2 rings (SSSR count). The lowest BCUT2D eigenvalue weighted by molar-refractivity contribution is 0.408. The molecule has 0 atom stereocenters. The van der Waals surface area contributed by atoms with Crippen molar-refractivity contribution < 1.29 is 0 Å². The van der Waals surface area contributed by atoms with Gasteiger partial charge in [-0.1, -0.05) is 20.8 Å². The standard InChI is InChI=1S/C17H26N2O/c1-6-9-19-16-11-14(12(2)3)15(18-20)10-13(16)7-8-17(19,4)5/h10-12H,6-9H2,1-5H3.